The van der Waals surface area contributed by atoms with Crippen LogP contribution in [0.25, 0.3) is 0 Å². The molecule has 0 aliphatic rings. The Hall–Kier alpha value is -2.49. The van der Waals surface area contributed by atoms with Gasteiger partial charge >= 0.3 is 0 Å². The van der Waals surface area contributed by atoms with E-state index in [1.54, 1.807) is 26.4 Å². The van der Waals surface area contributed by atoms with Gasteiger partial charge in [-0.05, 0) is 55.2 Å². The van der Waals surface area contributed by atoms with Crippen LogP contribution in [0.3, 0.4) is 0 Å². The minimum atomic E-state index is -0.00933. The van der Waals surface area contributed by atoms with Crippen LogP contribution < -0.4 is 9.47 Å². The van der Waals surface area contributed by atoms with Crippen molar-refractivity contribution in [1.29, 1.82) is 0 Å². The highest BCUT2D eigenvalue weighted by Gasteiger charge is 2.19. The van der Waals surface area contributed by atoms with E-state index in [2.05, 4.69) is 0 Å². The molecule has 0 saturated heterocycles. The molecule has 2 aromatic rings. The van der Waals surface area contributed by atoms with Gasteiger partial charge in [0.05, 0.1) is 19.8 Å². The molecule has 0 aliphatic heterocycles. The topological polar surface area (TPSA) is 55.8 Å². The molecule has 1 N–H and O–H groups in total. The summed E-state index contributed by atoms with van der Waals surface area (Å²) in [6.45, 7) is 6.02. The van der Waals surface area contributed by atoms with Crippen molar-refractivity contribution in [2.75, 3.05) is 14.2 Å². The van der Waals surface area contributed by atoms with Gasteiger partial charge in [0.2, 0.25) is 0 Å². The van der Waals surface area contributed by atoms with Gasteiger partial charge in [-0.3, -0.25) is 4.79 Å². The van der Waals surface area contributed by atoms with E-state index in [1.807, 2.05) is 26.8 Å². The summed E-state index contributed by atoms with van der Waals surface area (Å²) >= 11 is 0. The molecule has 0 spiro atoms. The summed E-state index contributed by atoms with van der Waals surface area (Å²) in [6, 6.07) is 5.08. The fourth-order valence-electron chi connectivity index (χ4n) is 2.95. The molecule has 0 fully saturated rings. The predicted octanol–water partition coefficient (Wildman–Crippen LogP) is 3.74. The first kappa shape index (κ1) is 16.9. The Morgan fingerprint density at radius 3 is 2.13 bits per heavy atom. The van der Waals surface area contributed by atoms with Crippen LogP contribution in [-0.2, 0) is 6.42 Å². The van der Waals surface area contributed by atoms with E-state index >= 15 is 0 Å². The fourth-order valence-corrected chi connectivity index (χ4v) is 2.95. The van der Waals surface area contributed by atoms with Crippen molar-refractivity contribution in [3.8, 4) is 17.2 Å². The average Bonchev–Trinajstić information content (AvgIpc) is 2.53. The molecule has 0 unspecified atom stereocenters. The maximum absolute atomic E-state index is 10.8. The van der Waals surface area contributed by atoms with E-state index in [0.29, 0.717) is 12.7 Å². The smallest absolute Gasteiger partial charge is 0.153 e. The summed E-state index contributed by atoms with van der Waals surface area (Å²) in [6.07, 6.45) is 1.23. The number of hydrogen-bond donors (Lipinski definition) is 1. The fraction of sp³-hybridized carbons (Fsp3) is 0.316. The summed E-state index contributed by atoms with van der Waals surface area (Å²) in [7, 11) is 3.32. The Bertz CT molecular complexity index is 748. The molecule has 4 heteroatoms. The van der Waals surface area contributed by atoms with Crippen molar-refractivity contribution in [2.24, 2.45) is 0 Å². The summed E-state index contributed by atoms with van der Waals surface area (Å²) in [5.74, 6) is 1.68. The second kappa shape index (κ2) is 6.73. The first-order chi connectivity index (χ1) is 10.9. The van der Waals surface area contributed by atoms with Crippen LogP contribution >= 0.6 is 0 Å². The summed E-state index contributed by atoms with van der Waals surface area (Å²) in [4.78, 5) is 10.8. The zero-order valence-corrected chi connectivity index (χ0v) is 14.2. The SMILES string of the molecule is COc1c(C)c(C)c(OC)c(Cc2ccc(C=O)c(O)c2)c1C. The molecular formula is C19H22O4. The number of carbonyl (C=O) groups is 1. The molecule has 0 atom stereocenters. The lowest BCUT2D eigenvalue weighted by Gasteiger charge is -2.20. The van der Waals surface area contributed by atoms with E-state index in [9.17, 15) is 9.90 Å². The van der Waals surface area contributed by atoms with Crippen LogP contribution in [0.4, 0.5) is 0 Å². The Morgan fingerprint density at radius 1 is 1.00 bits per heavy atom. The normalized spacial score (nSPS) is 10.5. The number of rotatable bonds is 5. The molecule has 122 valence electrons. The second-order valence-corrected chi connectivity index (χ2v) is 5.61. The molecule has 0 aliphatic carbocycles. The Kier molecular flexibility index (Phi) is 4.94. The van der Waals surface area contributed by atoms with Gasteiger partial charge in [0.15, 0.2) is 6.29 Å². The molecule has 0 heterocycles. The van der Waals surface area contributed by atoms with Gasteiger partial charge in [0.1, 0.15) is 17.2 Å². The number of methoxy groups -OCH3 is 2. The number of hydrogen-bond acceptors (Lipinski definition) is 4. The van der Waals surface area contributed by atoms with E-state index < -0.39 is 0 Å². The zero-order chi connectivity index (χ0) is 17.1. The van der Waals surface area contributed by atoms with Gasteiger partial charge in [0.25, 0.3) is 0 Å². The molecule has 2 rings (SSSR count). The summed E-state index contributed by atoms with van der Waals surface area (Å²) in [5, 5.41) is 9.88. The van der Waals surface area contributed by atoms with Gasteiger partial charge in [-0.1, -0.05) is 6.07 Å². The minimum absolute atomic E-state index is 0.00933. The lowest BCUT2D eigenvalue weighted by molar-refractivity contribution is 0.112. The number of phenols is 1. The number of phenolic OH excluding ortho intramolecular Hbond substituents is 1. The number of ether oxygens (including phenoxy) is 2. The molecule has 2 aromatic carbocycles. The van der Waals surface area contributed by atoms with Gasteiger partial charge in [0, 0.05) is 12.0 Å². The third kappa shape index (κ3) is 3.02. The van der Waals surface area contributed by atoms with E-state index in [1.165, 1.54) is 0 Å². The highest BCUT2D eigenvalue weighted by Crippen LogP contribution is 2.38. The van der Waals surface area contributed by atoms with Gasteiger partial charge in [-0.25, -0.2) is 0 Å². The Labute approximate surface area is 136 Å². The third-order valence-corrected chi connectivity index (χ3v) is 4.32. The second-order valence-electron chi connectivity index (χ2n) is 5.61. The number of carbonyl (C=O) groups excluding carboxylic acids is 1. The molecule has 0 bridgehead atoms. The Morgan fingerprint density at radius 2 is 1.61 bits per heavy atom. The predicted molar refractivity (Wildman–Crippen MR) is 90.1 cm³/mol. The Balaban J connectivity index is 2.57. The molecule has 0 aromatic heterocycles. The number of aromatic hydroxyl groups is 1. The van der Waals surface area contributed by atoms with Crippen LogP contribution in [0.5, 0.6) is 17.2 Å². The molecule has 0 amide bonds. The third-order valence-electron chi connectivity index (χ3n) is 4.32. The zero-order valence-electron chi connectivity index (χ0n) is 14.2. The number of aldehydes is 1. The minimum Gasteiger partial charge on any atom is -0.507 e. The van der Waals surface area contributed by atoms with Crippen molar-refractivity contribution in [1.82, 2.24) is 0 Å². The highest BCUT2D eigenvalue weighted by atomic mass is 16.5. The van der Waals surface area contributed by atoms with E-state index in [0.717, 1.165) is 39.3 Å². The summed E-state index contributed by atoms with van der Waals surface area (Å²) in [5.41, 5.74) is 5.33. The van der Waals surface area contributed by atoms with Crippen molar-refractivity contribution in [3.63, 3.8) is 0 Å². The van der Waals surface area contributed by atoms with Crippen molar-refractivity contribution < 1.29 is 19.4 Å². The monoisotopic (exact) mass is 314 g/mol. The first-order valence-electron chi connectivity index (χ1n) is 7.42. The first-order valence-corrected chi connectivity index (χ1v) is 7.42. The van der Waals surface area contributed by atoms with Crippen molar-refractivity contribution in [3.05, 3.63) is 51.6 Å². The lowest BCUT2D eigenvalue weighted by atomic mass is 9.92. The molecule has 23 heavy (non-hydrogen) atoms. The van der Waals surface area contributed by atoms with Crippen LogP contribution in [0.15, 0.2) is 18.2 Å². The number of benzene rings is 2. The maximum Gasteiger partial charge on any atom is 0.153 e. The average molecular weight is 314 g/mol. The molecule has 0 saturated carbocycles. The highest BCUT2D eigenvalue weighted by molar-refractivity contribution is 5.79. The largest absolute Gasteiger partial charge is 0.507 e. The van der Waals surface area contributed by atoms with Crippen LogP contribution in [0.1, 0.15) is 38.2 Å². The lowest BCUT2D eigenvalue weighted by Crippen LogP contribution is -2.04. The molecular weight excluding hydrogens is 292 g/mol. The molecule has 0 radical (unpaired) electrons. The van der Waals surface area contributed by atoms with Crippen molar-refractivity contribution in [2.45, 2.75) is 27.2 Å². The standard InChI is InChI=1S/C19H22O4/c1-11-12(2)19(23-5)16(13(3)18(11)22-4)8-14-6-7-15(10-20)17(21)9-14/h6-7,9-10,21H,8H2,1-5H3. The maximum atomic E-state index is 10.8. The van der Waals surface area contributed by atoms with Crippen molar-refractivity contribution >= 4 is 6.29 Å². The summed E-state index contributed by atoms with van der Waals surface area (Å²) < 4.78 is 11.2. The quantitative estimate of drug-likeness (QED) is 0.854. The van der Waals surface area contributed by atoms with Crippen LogP contribution in [0, 0.1) is 20.8 Å². The van der Waals surface area contributed by atoms with Gasteiger partial charge in [-0.15, -0.1) is 0 Å². The molecule has 4 nitrogen and oxygen atoms in total. The van der Waals surface area contributed by atoms with E-state index in [-0.39, 0.29) is 11.3 Å². The van der Waals surface area contributed by atoms with Crippen LogP contribution in [0.2, 0.25) is 0 Å². The van der Waals surface area contributed by atoms with Crippen LogP contribution in [-0.4, -0.2) is 25.6 Å². The van der Waals surface area contributed by atoms with Gasteiger partial charge in [-0.2, -0.15) is 0 Å². The van der Waals surface area contributed by atoms with E-state index in [4.69, 9.17) is 9.47 Å². The van der Waals surface area contributed by atoms with Gasteiger partial charge < -0.3 is 14.6 Å².